The van der Waals surface area contributed by atoms with E-state index in [2.05, 4.69) is 39.4 Å². The molecule has 6 heteroatoms. The molecule has 0 fully saturated rings. The quantitative estimate of drug-likeness (QED) is 0.196. The van der Waals surface area contributed by atoms with Crippen LogP contribution in [-0.2, 0) is 11.4 Å². The molecule has 1 amide bonds. The Kier molecular flexibility index (Phi) is 7.72. The Balaban J connectivity index is 1.58. The lowest BCUT2D eigenvalue weighted by Gasteiger charge is -2.14. The van der Waals surface area contributed by atoms with Crippen LogP contribution in [0.5, 0.6) is 11.5 Å². The SMILES string of the molecule is COc1cc(/C=C(\C#N)C(=O)Nc2cccc(C)c2C)c(Br)cc1OCc1cccc2ccccc12. The number of aryl methyl sites for hydroxylation is 1. The van der Waals surface area contributed by atoms with Crippen LogP contribution >= 0.6 is 15.9 Å². The van der Waals surface area contributed by atoms with Gasteiger partial charge in [-0.2, -0.15) is 5.26 Å². The summed E-state index contributed by atoms with van der Waals surface area (Å²) in [7, 11) is 1.56. The van der Waals surface area contributed by atoms with Crippen LogP contribution in [0.1, 0.15) is 22.3 Å². The van der Waals surface area contributed by atoms with Crippen molar-refractivity contribution in [3.8, 4) is 17.6 Å². The summed E-state index contributed by atoms with van der Waals surface area (Å²) in [5.74, 6) is 0.568. The molecule has 0 aliphatic carbocycles. The highest BCUT2D eigenvalue weighted by Crippen LogP contribution is 2.35. The maximum Gasteiger partial charge on any atom is 0.266 e. The molecule has 36 heavy (non-hydrogen) atoms. The first kappa shape index (κ1) is 25.0. The van der Waals surface area contributed by atoms with E-state index in [1.54, 1.807) is 19.2 Å². The number of rotatable bonds is 7. The molecule has 0 radical (unpaired) electrons. The molecule has 4 aromatic carbocycles. The fraction of sp³-hybridized carbons (Fsp3) is 0.133. The van der Waals surface area contributed by atoms with Crippen molar-refractivity contribution in [3.63, 3.8) is 0 Å². The van der Waals surface area contributed by atoms with E-state index in [-0.39, 0.29) is 5.57 Å². The van der Waals surface area contributed by atoms with Crippen LogP contribution in [0.4, 0.5) is 5.69 Å². The Bertz CT molecular complexity index is 1510. The molecule has 0 aliphatic rings. The van der Waals surface area contributed by atoms with Gasteiger partial charge in [0.15, 0.2) is 11.5 Å². The highest BCUT2D eigenvalue weighted by molar-refractivity contribution is 9.10. The molecule has 0 aliphatic heterocycles. The van der Waals surface area contributed by atoms with Crippen molar-refractivity contribution in [2.24, 2.45) is 0 Å². The largest absolute Gasteiger partial charge is 0.493 e. The molecule has 0 aromatic heterocycles. The molecule has 0 atom stereocenters. The molecule has 4 rings (SSSR count). The first-order valence-corrected chi connectivity index (χ1v) is 12.2. The Labute approximate surface area is 219 Å². The van der Waals surface area contributed by atoms with Crippen LogP contribution in [0.3, 0.4) is 0 Å². The highest BCUT2D eigenvalue weighted by Gasteiger charge is 2.15. The lowest BCUT2D eigenvalue weighted by atomic mass is 10.1. The topological polar surface area (TPSA) is 71.3 Å². The van der Waals surface area contributed by atoms with Gasteiger partial charge in [0.2, 0.25) is 0 Å². The molecule has 0 heterocycles. The van der Waals surface area contributed by atoms with Gasteiger partial charge in [-0.05, 0) is 71.1 Å². The molecule has 1 N–H and O–H groups in total. The zero-order chi connectivity index (χ0) is 25.7. The van der Waals surface area contributed by atoms with Gasteiger partial charge in [-0.25, -0.2) is 0 Å². The highest BCUT2D eigenvalue weighted by atomic mass is 79.9. The maximum absolute atomic E-state index is 12.8. The van der Waals surface area contributed by atoms with Crippen molar-refractivity contribution in [1.29, 1.82) is 5.26 Å². The van der Waals surface area contributed by atoms with Crippen LogP contribution < -0.4 is 14.8 Å². The number of nitrogens with zero attached hydrogens (tertiary/aromatic N) is 1. The first-order valence-electron chi connectivity index (χ1n) is 11.4. The van der Waals surface area contributed by atoms with E-state index in [0.29, 0.717) is 33.8 Å². The number of carbonyl (C=O) groups excluding carboxylic acids is 1. The summed E-state index contributed by atoms with van der Waals surface area (Å²) in [6.45, 7) is 4.26. The van der Waals surface area contributed by atoms with E-state index in [9.17, 15) is 10.1 Å². The minimum absolute atomic E-state index is 0.0249. The summed E-state index contributed by atoms with van der Waals surface area (Å²) in [4.78, 5) is 12.8. The number of methoxy groups -OCH3 is 1. The summed E-state index contributed by atoms with van der Waals surface area (Å²) in [5, 5.41) is 14.8. The third-order valence-electron chi connectivity index (χ3n) is 6.06. The number of carbonyl (C=O) groups is 1. The molecule has 180 valence electrons. The normalized spacial score (nSPS) is 11.1. The second-order valence-electron chi connectivity index (χ2n) is 8.32. The standard InChI is InChI=1S/C30H25BrN2O3/c1-19-8-6-13-27(20(19)2)33-30(34)24(17-32)14-23-15-28(35-3)29(16-26(23)31)36-18-22-11-7-10-21-9-4-5-12-25(21)22/h4-16H,18H2,1-3H3,(H,33,34)/b24-14+. The molecule has 0 saturated heterocycles. The third-order valence-corrected chi connectivity index (χ3v) is 6.75. The minimum Gasteiger partial charge on any atom is -0.493 e. The molecule has 0 spiro atoms. The van der Waals surface area contributed by atoms with Gasteiger partial charge in [0.1, 0.15) is 18.2 Å². The van der Waals surface area contributed by atoms with Crippen LogP contribution in [0.2, 0.25) is 0 Å². The number of benzene rings is 4. The second kappa shape index (κ2) is 11.1. The fourth-order valence-electron chi connectivity index (χ4n) is 3.89. The van der Waals surface area contributed by atoms with Crippen LogP contribution in [-0.4, -0.2) is 13.0 Å². The number of ether oxygens (including phenoxy) is 2. The van der Waals surface area contributed by atoms with E-state index in [4.69, 9.17) is 9.47 Å². The zero-order valence-electron chi connectivity index (χ0n) is 20.3. The van der Waals surface area contributed by atoms with Crippen molar-refractivity contribution in [3.05, 3.63) is 105 Å². The van der Waals surface area contributed by atoms with Crippen LogP contribution in [0, 0.1) is 25.2 Å². The Hall–Kier alpha value is -4.08. The predicted molar refractivity (Wildman–Crippen MR) is 147 cm³/mol. The maximum atomic E-state index is 12.8. The Morgan fingerprint density at radius 1 is 1.03 bits per heavy atom. The molecule has 0 bridgehead atoms. The summed E-state index contributed by atoms with van der Waals surface area (Å²) < 4.78 is 12.3. The van der Waals surface area contributed by atoms with Gasteiger partial charge < -0.3 is 14.8 Å². The molecule has 4 aromatic rings. The van der Waals surface area contributed by atoms with E-state index >= 15 is 0 Å². The van der Waals surface area contributed by atoms with Crippen molar-refractivity contribution >= 4 is 44.4 Å². The minimum atomic E-state index is -0.478. The monoisotopic (exact) mass is 540 g/mol. The summed E-state index contributed by atoms with van der Waals surface area (Å²) >= 11 is 3.55. The van der Waals surface area contributed by atoms with Gasteiger partial charge in [0, 0.05) is 10.2 Å². The first-order chi connectivity index (χ1) is 17.4. The zero-order valence-corrected chi connectivity index (χ0v) is 21.8. The summed E-state index contributed by atoms with van der Waals surface area (Å²) in [6.07, 6.45) is 1.53. The molecule has 5 nitrogen and oxygen atoms in total. The lowest BCUT2D eigenvalue weighted by molar-refractivity contribution is -0.112. The molecule has 0 unspecified atom stereocenters. The molecule has 0 saturated carbocycles. The van der Waals surface area contributed by atoms with Gasteiger partial charge in [0.05, 0.1) is 7.11 Å². The number of halogens is 1. The van der Waals surface area contributed by atoms with E-state index in [0.717, 1.165) is 27.5 Å². The smallest absolute Gasteiger partial charge is 0.266 e. The lowest BCUT2D eigenvalue weighted by Crippen LogP contribution is -2.14. The number of fused-ring (bicyclic) bond motifs is 1. The summed E-state index contributed by atoms with van der Waals surface area (Å²) in [6, 6.07) is 25.5. The summed E-state index contributed by atoms with van der Waals surface area (Å²) in [5.41, 5.74) is 4.35. The van der Waals surface area contributed by atoms with E-state index in [1.165, 1.54) is 6.08 Å². The van der Waals surface area contributed by atoms with Crippen molar-refractivity contribution in [2.75, 3.05) is 12.4 Å². The van der Waals surface area contributed by atoms with Crippen LogP contribution in [0.25, 0.3) is 16.8 Å². The molecular formula is C30H25BrN2O3. The van der Waals surface area contributed by atoms with Crippen molar-refractivity contribution in [2.45, 2.75) is 20.5 Å². The van der Waals surface area contributed by atoms with E-state index in [1.807, 2.05) is 62.4 Å². The van der Waals surface area contributed by atoms with Gasteiger partial charge in [-0.3, -0.25) is 4.79 Å². The van der Waals surface area contributed by atoms with E-state index < -0.39 is 5.91 Å². The second-order valence-corrected chi connectivity index (χ2v) is 9.18. The number of amides is 1. The van der Waals surface area contributed by atoms with Gasteiger partial charge in [-0.1, -0.05) is 70.5 Å². The Morgan fingerprint density at radius 3 is 2.56 bits per heavy atom. The number of hydrogen-bond acceptors (Lipinski definition) is 4. The van der Waals surface area contributed by atoms with Gasteiger partial charge in [-0.15, -0.1) is 0 Å². The number of nitrogens with one attached hydrogen (secondary N) is 1. The average molecular weight is 541 g/mol. The predicted octanol–water partition coefficient (Wildman–Crippen LogP) is 7.35. The average Bonchev–Trinajstić information content (AvgIpc) is 2.89. The molecular weight excluding hydrogens is 516 g/mol. The third kappa shape index (κ3) is 5.42. The Morgan fingerprint density at radius 2 is 1.78 bits per heavy atom. The van der Waals surface area contributed by atoms with Crippen molar-refractivity contribution < 1.29 is 14.3 Å². The number of hydrogen-bond donors (Lipinski definition) is 1. The number of nitriles is 1. The van der Waals surface area contributed by atoms with Crippen molar-refractivity contribution in [1.82, 2.24) is 0 Å². The van der Waals surface area contributed by atoms with Gasteiger partial charge in [0.25, 0.3) is 5.91 Å². The number of anilines is 1. The van der Waals surface area contributed by atoms with Crippen LogP contribution in [0.15, 0.2) is 82.8 Å². The fourth-order valence-corrected chi connectivity index (χ4v) is 4.32. The van der Waals surface area contributed by atoms with Gasteiger partial charge >= 0.3 is 0 Å².